The second kappa shape index (κ2) is 5.27. The van der Waals surface area contributed by atoms with Gasteiger partial charge in [0.1, 0.15) is 0 Å². The van der Waals surface area contributed by atoms with Crippen LogP contribution in [-0.4, -0.2) is 9.91 Å². The van der Waals surface area contributed by atoms with Gasteiger partial charge in [-0.15, -0.1) is 0 Å². The fraction of sp³-hybridized carbons (Fsp3) is 0. The van der Waals surface area contributed by atoms with Crippen molar-refractivity contribution in [1.82, 2.24) is 4.98 Å². The summed E-state index contributed by atoms with van der Waals surface area (Å²) in [5.74, 6) is -3.07. The minimum absolute atomic E-state index is 0.361. The summed E-state index contributed by atoms with van der Waals surface area (Å²) < 4.78 is 32.2. The van der Waals surface area contributed by atoms with E-state index < -0.39 is 33.9 Å². The van der Waals surface area contributed by atoms with Gasteiger partial charge in [0.05, 0.1) is 4.92 Å². The summed E-state index contributed by atoms with van der Waals surface area (Å²) in [4.78, 5) is 13.5. The lowest BCUT2D eigenvalue weighted by molar-refractivity contribution is -0.385. The molecule has 0 amide bonds. The molecule has 0 spiro atoms. The van der Waals surface area contributed by atoms with E-state index in [-0.39, 0.29) is 0 Å². The molecule has 0 aliphatic rings. The first kappa shape index (κ1) is 13.3. The van der Waals surface area contributed by atoms with E-state index in [9.17, 15) is 18.9 Å². The molecule has 0 atom stereocenters. The van der Waals surface area contributed by atoms with E-state index in [0.717, 1.165) is 24.3 Å². The Morgan fingerprint density at radius 2 is 2.05 bits per heavy atom. The molecule has 19 heavy (non-hydrogen) atoms. The van der Waals surface area contributed by atoms with Gasteiger partial charge in [0.2, 0.25) is 5.75 Å². The van der Waals surface area contributed by atoms with Crippen LogP contribution in [0.5, 0.6) is 11.6 Å². The summed E-state index contributed by atoms with van der Waals surface area (Å²) >= 11 is 2.99. The number of halogens is 3. The Hall–Kier alpha value is -2.09. The van der Waals surface area contributed by atoms with Crippen molar-refractivity contribution >= 4 is 21.6 Å². The van der Waals surface area contributed by atoms with Gasteiger partial charge in [-0.2, -0.15) is 0 Å². The zero-order valence-corrected chi connectivity index (χ0v) is 10.7. The van der Waals surface area contributed by atoms with Gasteiger partial charge in [-0.1, -0.05) is 6.07 Å². The number of hydrogen-bond donors (Lipinski definition) is 0. The van der Waals surface area contributed by atoms with E-state index in [2.05, 4.69) is 20.9 Å². The van der Waals surface area contributed by atoms with E-state index in [1.165, 1.54) is 6.20 Å². The van der Waals surface area contributed by atoms with Crippen LogP contribution in [0.1, 0.15) is 0 Å². The predicted octanol–water partition coefficient (Wildman–Crippen LogP) is 3.82. The maximum atomic E-state index is 13.5. The molecule has 0 fully saturated rings. The average molecular weight is 331 g/mol. The molecule has 2 rings (SSSR count). The highest BCUT2D eigenvalue weighted by Crippen LogP contribution is 2.34. The lowest BCUT2D eigenvalue weighted by atomic mass is 10.3. The van der Waals surface area contributed by atoms with E-state index in [0.29, 0.717) is 4.47 Å². The Bertz CT molecular complexity index is 652. The third kappa shape index (κ3) is 2.84. The molecule has 0 aliphatic carbocycles. The molecule has 2 aromatic rings. The molecule has 1 heterocycles. The molecule has 0 saturated carbocycles. The number of rotatable bonds is 3. The maximum Gasteiger partial charge on any atom is 0.314 e. The van der Waals surface area contributed by atoms with Crippen LogP contribution in [-0.2, 0) is 0 Å². The Kier molecular flexibility index (Phi) is 3.70. The Labute approximate surface area is 114 Å². The van der Waals surface area contributed by atoms with Crippen molar-refractivity contribution in [3.63, 3.8) is 0 Å². The number of nitrogens with zero attached hydrogens (tertiary/aromatic N) is 2. The van der Waals surface area contributed by atoms with Gasteiger partial charge in [-0.05, 0) is 28.1 Å². The van der Waals surface area contributed by atoms with Crippen LogP contribution in [0, 0.1) is 21.7 Å². The monoisotopic (exact) mass is 330 g/mol. The topological polar surface area (TPSA) is 65.3 Å². The minimum atomic E-state index is -0.974. The van der Waals surface area contributed by atoms with E-state index in [4.69, 9.17) is 4.74 Å². The minimum Gasteiger partial charge on any atom is -0.426 e. The molecule has 1 aromatic carbocycles. The third-order valence-electron chi connectivity index (χ3n) is 2.12. The molecule has 0 aliphatic heterocycles. The average Bonchev–Trinajstić information content (AvgIpc) is 2.34. The first-order chi connectivity index (χ1) is 8.99. The van der Waals surface area contributed by atoms with Crippen molar-refractivity contribution < 1.29 is 18.4 Å². The van der Waals surface area contributed by atoms with E-state index >= 15 is 0 Å². The highest BCUT2D eigenvalue weighted by molar-refractivity contribution is 9.10. The Morgan fingerprint density at radius 1 is 1.32 bits per heavy atom. The molecular weight excluding hydrogens is 326 g/mol. The molecule has 1 aromatic heterocycles. The van der Waals surface area contributed by atoms with Crippen LogP contribution in [0.2, 0.25) is 0 Å². The largest absolute Gasteiger partial charge is 0.426 e. The standard InChI is InChI=1S/C11H5BrF2N2O3/c12-6-4-8(14)11(15-5-6)19-10-7(13)2-1-3-9(10)16(17)18/h1-5H. The molecular formula is C11H5BrF2N2O3. The summed E-state index contributed by atoms with van der Waals surface area (Å²) in [5.41, 5.74) is -0.607. The zero-order chi connectivity index (χ0) is 14.0. The van der Waals surface area contributed by atoms with Crippen LogP contribution in [0.3, 0.4) is 0 Å². The van der Waals surface area contributed by atoms with E-state index in [1.807, 2.05) is 0 Å². The molecule has 0 bridgehead atoms. The summed E-state index contributed by atoms with van der Waals surface area (Å²) in [6.07, 6.45) is 1.23. The summed E-state index contributed by atoms with van der Waals surface area (Å²) in [6, 6.07) is 4.23. The van der Waals surface area contributed by atoms with Crippen molar-refractivity contribution in [2.75, 3.05) is 0 Å². The summed E-state index contributed by atoms with van der Waals surface area (Å²) in [7, 11) is 0. The number of aromatic nitrogens is 1. The Morgan fingerprint density at radius 3 is 2.68 bits per heavy atom. The van der Waals surface area contributed by atoms with Gasteiger partial charge in [0.25, 0.3) is 5.88 Å². The highest BCUT2D eigenvalue weighted by Gasteiger charge is 2.22. The van der Waals surface area contributed by atoms with Crippen molar-refractivity contribution in [2.45, 2.75) is 0 Å². The molecule has 8 heteroatoms. The van der Waals surface area contributed by atoms with Crippen molar-refractivity contribution in [3.8, 4) is 11.6 Å². The number of pyridine rings is 1. The first-order valence-corrected chi connectivity index (χ1v) is 5.70. The van der Waals surface area contributed by atoms with Gasteiger partial charge in [-0.25, -0.2) is 13.8 Å². The fourth-order valence-corrected chi connectivity index (χ4v) is 1.62. The SMILES string of the molecule is O=[N+]([O-])c1cccc(F)c1Oc1ncc(Br)cc1F. The van der Waals surface area contributed by atoms with Gasteiger partial charge in [-0.3, -0.25) is 10.1 Å². The molecule has 5 nitrogen and oxygen atoms in total. The van der Waals surface area contributed by atoms with Gasteiger partial charge in [0, 0.05) is 16.7 Å². The number of benzene rings is 1. The van der Waals surface area contributed by atoms with Crippen molar-refractivity contribution in [1.29, 1.82) is 0 Å². The number of nitro benzene ring substituents is 1. The second-order valence-electron chi connectivity index (χ2n) is 3.39. The summed E-state index contributed by atoms with van der Waals surface area (Å²) in [5, 5.41) is 10.7. The Balaban J connectivity index is 2.46. The smallest absolute Gasteiger partial charge is 0.314 e. The molecule has 98 valence electrons. The van der Waals surface area contributed by atoms with Crippen LogP contribution >= 0.6 is 15.9 Å². The fourth-order valence-electron chi connectivity index (χ4n) is 1.32. The lowest BCUT2D eigenvalue weighted by Crippen LogP contribution is -1.98. The molecule has 0 unspecified atom stereocenters. The van der Waals surface area contributed by atoms with Crippen LogP contribution in [0.25, 0.3) is 0 Å². The predicted molar refractivity (Wildman–Crippen MR) is 65.0 cm³/mol. The van der Waals surface area contributed by atoms with E-state index in [1.54, 1.807) is 0 Å². The zero-order valence-electron chi connectivity index (χ0n) is 9.14. The van der Waals surface area contributed by atoms with Gasteiger partial charge in [0.15, 0.2) is 11.6 Å². The normalized spacial score (nSPS) is 10.3. The number of para-hydroxylation sites is 1. The van der Waals surface area contributed by atoms with Crippen LogP contribution < -0.4 is 4.74 Å². The molecule has 0 saturated heterocycles. The van der Waals surface area contributed by atoms with Gasteiger partial charge >= 0.3 is 5.69 Å². The first-order valence-electron chi connectivity index (χ1n) is 4.91. The lowest BCUT2D eigenvalue weighted by Gasteiger charge is -2.07. The maximum absolute atomic E-state index is 13.5. The molecule has 0 radical (unpaired) electrons. The number of nitro groups is 1. The number of hydrogen-bond acceptors (Lipinski definition) is 4. The third-order valence-corrected chi connectivity index (χ3v) is 2.55. The quantitative estimate of drug-likeness (QED) is 0.633. The van der Waals surface area contributed by atoms with Gasteiger partial charge < -0.3 is 4.74 Å². The van der Waals surface area contributed by atoms with Crippen LogP contribution in [0.4, 0.5) is 14.5 Å². The van der Waals surface area contributed by atoms with Crippen LogP contribution in [0.15, 0.2) is 34.9 Å². The second-order valence-corrected chi connectivity index (χ2v) is 4.30. The van der Waals surface area contributed by atoms with Crippen molar-refractivity contribution in [3.05, 3.63) is 56.7 Å². The van der Waals surface area contributed by atoms with Crippen molar-refractivity contribution in [2.24, 2.45) is 0 Å². The number of ether oxygens (including phenoxy) is 1. The summed E-state index contributed by atoms with van der Waals surface area (Å²) in [6.45, 7) is 0. The molecule has 0 N–H and O–H groups in total. The highest BCUT2D eigenvalue weighted by atomic mass is 79.9.